The molecule has 0 aliphatic carbocycles. The van der Waals surface area contributed by atoms with Gasteiger partial charge in [-0.05, 0) is 37.6 Å². The number of halogens is 2. The van der Waals surface area contributed by atoms with E-state index in [1.54, 1.807) is 0 Å². The summed E-state index contributed by atoms with van der Waals surface area (Å²) in [6.45, 7) is 4.36. The van der Waals surface area contributed by atoms with Crippen LogP contribution in [0.4, 0.5) is 4.39 Å². The third-order valence-corrected chi connectivity index (χ3v) is 2.48. The lowest BCUT2D eigenvalue weighted by Crippen LogP contribution is -2.36. The number of nitrogens with one attached hydrogen (secondary N) is 1. The normalized spacial score (nSPS) is 11.1. The van der Waals surface area contributed by atoms with E-state index >= 15 is 0 Å². The van der Waals surface area contributed by atoms with Crippen molar-refractivity contribution in [3.05, 3.63) is 34.1 Å². The van der Waals surface area contributed by atoms with E-state index in [4.69, 9.17) is 6.42 Å². The highest BCUT2D eigenvalue weighted by Crippen LogP contribution is 2.15. The van der Waals surface area contributed by atoms with E-state index in [9.17, 15) is 4.39 Å². The summed E-state index contributed by atoms with van der Waals surface area (Å²) in [5, 5.41) is 3.16. The maximum atomic E-state index is 13.0. The van der Waals surface area contributed by atoms with Crippen molar-refractivity contribution in [3.8, 4) is 12.3 Å². The van der Waals surface area contributed by atoms with Crippen LogP contribution in [0.5, 0.6) is 0 Å². The number of hydrogen-bond acceptors (Lipinski definition) is 1. The zero-order valence-electron chi connectivity index (χ0n) is 8.77. The van der Waals surface area contributed by atoms with Gasteiger partial charge in [0, 0.05) is 11.0 Å². The molecule has 1 rings (SSSR count). The molecule has 0 aromatic heterocycles. The Morgan fingerprint density at radius 2 is 2.13 bits per heavy atom. The van der Waals surface area contributed by atoms with Crippen LogP contribution in [0, 0.1) is 18.2 Å². The molecule has 1 aromatic rings. The Morgan fingerprint density at radius 3 is 2.67 bits per heavy atom. The molecule has 0 unspecified atom stereocenters. The second kappa shape index (κ2) is 4.78. The monoisotopic (exact) mass is 269 g/mol. The molecule has 0 spiro atoms. The van der Waals surface area contributed by atoms with Crippen LogP contribution < -0.4 is 5.32 Å². The Balaban J connectivity index is 2.71. The smallest absolute Gasteiger partial charge is 0.124 e. The molecule has 1 nitrogen and oxygen atoms in total. The van der Waals surface area contributed by atoms with Gasteiger partial charge >= 0.3 is 0 Å². The van der Waals surface area contributed by atoms with Gasteiger partial charge in [-0.1, -0.05) is 21.9 Å². The number of rotatable bonds is 3. The molecule has 0 amide bonds. The van der Waals surface area contributed by atoms with Gasteiger partial charge in [0.2, 0.25) is 0 Å². The zero-order chi connectivity index (χ0) is 11.5. The van der Waals surface area contributed by atoms with Crippen molar-refractivity contribution < 1.29 is 4.39 Å². The summed E-state index contributed by atoms with van der Waals surface area (Å²) in [6.07, 6.45) is 5.33. The van der Waals surface area contributed by atoms with E-state index in [1.807, 2.05) is 19.9 Å². The standard InChI is InChI=1S/C12H13BrFN/c1-4-12(2,3)15-8-9-5-10(13)7-11(14)6-9/h1,5-7,15H,8H2,2-3H3. The Labute approximate surface area is 98.2 Å². The second-order valence-corrected chi connectivity index (χ2v) is 4.82. The van der Waals surface area contributed by atoms with Crippen molar-refractivity contribution in [3.63, 3.8) is 0 Å². The van der Waals surface area contributed by atoms with Gasteiger partial charge in [-0.25, -0.2) is 4.39 Å². The van der Waals surface area contributed by atoms with Crippen LogP contribution in [0.15, 0.2) is 22.7 Å². The summed E-state index contributed by atoms with van der Waals surface area (Å²) < 4.78 is 13.8. The summed E-state index contributed by atoms with van der Waals surface area (Å²) in [5.74, 6) is 2.37. The molecule has 80 valence electrons. The van der Waals surface area contributed by atoms with Crippen molar-refractivity contribution in [2.24, 2.45) is 0 Å². The molecular formula is C12H13BrFN. The minimum Gasteiger partial charge on any atom is -0.298 e. The SMILES string of the molecule is C#CC(C)(C)NCc1cc(F)cc(Br)c1. The first-order valence-electron chi connectivity index (χ1n) is 4.61. The Morgan fingerprint density at radius 1 is 1.47 bits per heavy atom. The fourth-order valence-electron chi connectivity index (χ4n) is 1.09. The molecule has 0 bridgehead atoms. The molecule has 0 aliphatic heterocycles. The summed E-state index contributed by atoms with van der Waals surface area (Å²) in [4.78, 5) is 0. The van der Waals surface area contributed by atoms with Gasteiger partial charge in [-0.3, -0.25) is 5.32 Å². The molecule has 0 saturated carbocycles. The average molecular weight is 270 g/mol. The molecule has 1 N–H and O–H groups in total. The quantitative estimate of drug-likeness (QED) is 0.832. The van der Waals surface area contributed by atoms with E-state index in [0.717, 1.165) is 10.0 Å². The largest absolute Gasteiger partial charge is 0.298 e. The van der Waals surface area contributed by atoms with Crippen LogP contribution in [0.1, 0.15) is 19.4 Å². The lowest BCUT2D eigenvalue weighted by Gasteiger charge is -2.19. The van der Waals surface area contributed by atoms with Crippen molar-refractivity contribution in [1.82, 2.24) is 5.32 Å². The molecule has 0 heterocycles. The second-order valence-electron chi connectivity index (χ2n) is 3.90. The van der Waals surface area contributed by atoms with Gasteiger partial charge in [0.25, 0.3) is 0 Å². The van der Waals surface area contributed by atoms with Gasteiger partial charge < -0.3 is 0 Å². The van der Waals surface area contributed by atoms with Crippen molar-refractivity contribution >= 4 is 15.9 Å². The molecule has 0 aliphatic rings. The number of hydrogen-bond donors (Lipinski definition) is 1. The highest BCUT2D eigenvalue weighted by molar-refractivity contribution is 9.10. The van der Waals surface area contributed by atoms with Crippen molar-refractivity contribution in [2.75, 3.05) is 0 Å². The Bertz CT molecular complexity index is 373. The number of benzene rings is 1. The summed E-state index contributed by atoms with van der Waals surface area (Å²) in [6, 6.07) is 4.78. The van der Waals surface area contributed by atoms with E-state index < -0.39 is 0 Å². The van der Waals surface area contributed by atoms with Gasteiger partial charge in [0.1, 0.15) is 5.82 Å². The molecule has 0 radical (unpaired) electrons. The van der Waals surface area contributed by atoms with Crippen LogP contribution in [-0.4, -0.2) is 5.54 Å². The maximum absolute atomic E-state index is 13.0. The minimum atomic E-state index is -0.376. The van der Waals surface area contributed by atoms with Crippen LogP contribution in [0.3, 0.4) is 0 Å². The predicted molar refractivity (Wildman–Crippen MR) is 63.9 cm³/mol. The Hall–Kier alpha value is -0.850. The molecule has 15 heavy (non-hydrogen) atoms. The highest BCUT2D eigenvalue weighted by Gasteiger charge is 2.12. The summed E-state index contributed by atoms with van der Waals surface area (Å²) in [5.41, 5.74) is 0.490. The predicted octanol–water partition coefficient (Wildman–Crippen LogP) is 3.09. The van der Waals surface area contributed by atoms with Crippen LogP contribution >= 0.6 is 15.9 Å². The molecular weight excluding hydrogens is 257 g/mol. The third-order valence-electron chi connectivity index (χ3n) is 2.02. The van der Waals surface area contributed by atoms with Crippen molar-refractivity contribution in [1.29, 1.82) is 0 Å². The highest BCUT2D eigenvalue weighted by atomic mass is 79.9. The van der Waals surface area contributed by atoms with E-state index in [-0.39, 0.29) is 11.4 Å². The van der Waals surface area contributed by atoms with Gasteiger partial charge in [0.15, 0.2) is 0 Å². The lowest BCUT2D eigenvalue weighted by atomic mass is 10.1. The third kappa shape index (κ3) is 4.03. The average Bonchev–Trinajstić information content (AvgIpc) is 2.14. The number of terminal acetylenes is 1. The van der Waals surface area contributed by atoms with Crippen LogP contribution in [0.2, 0.25) is 0 Å². The lowest BCUT2D eigenvalue weighted by molar-refractivity contribution is 0.489. The van der Waals surface area contributed by atoms with Crippen LogP contribution in [0.25, 0.3) is 0 Å². The zero-order valence-corrected chi connectivity index (χ0v) is 10.4. The van der Waals surface area contributed by atoms with Gasteiger partial charge in [0.05, 0.1) is 5.54 Å². The molecule has 0 fully saturated rings. The maximum Gasteiger partial charge on any atom is 0.124 e. The minimum absolute atomic E-state index is 0.250. The fraction of sp³-hybridized carbons (Fsp3) is 0.333. The van der Waals surface area contributed by atoms with Gasteiger partial charge in [-0.2, -0.15) is 0 Å². The molecule has 1 aromatic carbocycles. The topological polar surface area (TPSA) is 12.0 Å². The first-order chi connectivity index (χ1) is 6.93. The van der Waals surface area contributed by atoms with Crippen molar-refractivity contribution in [2.45, 2.75) is 25.9 Å². The van der Waals surface area contributed by atoms with Crippen LogP contribution in [-0.2, 0) is 6.54 Å². The van der Waals surface area contributed by atoms with E-state index in [2.05, 4.69) is 27.2 Å². The first kappa shape index (κ1) is 12.2. The molecule has 3 heteroatoms. The molecule has 0 saturated heterocycles. The van der Waals surface area contributed by atoms with E-state index in [1.165, 1.54) is 12.1 Å². The summed E-state index contributed by atoms with van der Waals surface area (Å²) >= 11 is 3.24. The molecule has 0 atom stereocenters. The van der Waals surface area contributed by atoms with Gasteiger partial charge in [-0.15, -0.1) is 6.42 Å². The van der Waals surface area contributed by atoms with E-state index in [0.29, 0.717) is 6.54 Å². The Kier molecular flexibility index (Phi) is 3.90. The summed E-state index contributed by atoms with van der Waals surface area (Å²) in [7, 11) is 0. The fourth-order valence-corrected chi connectivity index (χ4v) is 1.60. The first-order valence-corrected chi connectivity index (χ1v) is 5.40.